The van der Waals surface area contributed by atoms with Crippen LogP contribution in [0.4, 0.5) is 0 Å². The Morgan fingerprint density at radius 3 is 2.74 bits per heavy atom. The molecule has 0 spiro atoms. The normalized spacial score (nSPS) is 17.4. The average molecular weight is 324 g/mol. The van der Waals surface area contributed by atoms with Gasteiger partial charge in [0.1, 0.15) is 6.10 Å². The number of nitrogens with one attached hydrogen (secondary N) is 1. The second-order valence-corrected chi connectivity index (χ2v) is 5.04. The van der Waals surface area contributed by atoms with E-state index in [-0.39, 0.29) is 18.6 Å². The smallest absolute Gasteiger partial charge is 0.253 e. The predicted molar refractivity (Wildman–Crippen MR) is 83.5 cm³/mol. The summed E-state index contributed by atoms with van der Waals surface area (Å²) in [6, 6.07) is 3.37. The van der Waals surface area contributed by atoms with Gasteiger partial charge in [-0.25, -0.2) is 4.98 Å². The van der Waals surface area contributed by atoms with Gasteiger partial charge in [0.15, 0.2) is 6.29 Å². The first kappa shape index (κ1) is 17.7. The third kappa shape index (κ3) is 5.78. The lowest BCUT2D eigenvalue weighted by molar-refractivity contribution is -0.131. The highest BCUT2D eigenvalue weighted by atomic mass is 16.7. The van der Waals surface area contributed by atoms with Crippen LogP contribution in [0.3, 0.4) is 0 Å². The molecule has 1 unspecified atom stereocenters. The van der Waals surface area contributed by atoms with Gasteiger partial charge in [-0.15, -0.1) is 0 Å². The largest absolute Gasteiger partial charge is 0.472 e. The standard InChI is InChI=1S/C16H24N2O5/c1-3-21-15(22-4-2)10-18-16(19)12-5-6-14(17-9-12)23-13-7-8-20-11-13/h5-6,9,13,15H,3-4,7-8,10-11H2,1-2H3,(H,18,19). The van der Waals surface area contributed by atoms with Crippen LogP contribution in [-0.4, -0.2) is 56.3 Å². The minimum absolute atomic E-state index is 0.0420. The molecule has 7 nitrogen and oxygen atoms in total. The Kier molecular flexibility index (Phi) is 7.25. The van der Waals surface area contributed by atoms with Crippen molar-refractivity contribution < 1.29 is 23.7 Å². The number of carbonyl (C=O) groups excluding carboxylic acids is 1. The number of hydrogen-bond acceptors (Lipinski definition) is 6. The number of nitrogens with zero attached hydrogens (tertiary/aromatic N) is 1. The van der Waals surface area contributed by atoms with Gasteiger partial charge in [0.05, 0.1) is 25.3 Å². The first-order valence-corrected chi connectivity index (χ1v) is 7.94. The molecule has 1 N–H and O–H groups in total. The van der Waals surface area contributed by atoms with Crippen molar-refractivity contribution in [3.05, 3.63) is 23.9 Å². The van der Waals surface area contributed by atoms with E-state index in [1.807, 2.05) is 13.8 Å². The lowest BCUT2D eigenvalue weighted by Crippen LogP contribution is -2.35. The molecule has 1 aliphatic rings. The van der Waals surface area contributed by atoms with Crippen molar-refractivity contribution in [2.75, 3.05) is 33.0 Å². The van der Waals surface area contributed by atoms with Crippen LogP contribution in [0.1, 0.15) is 30.6 Å². The molecule has 0 aromatic carbocycles. The molecular formula is C16H24N2O5. The number of amides is 1. The third-order valence-corrected chi connectivity index (χ3v) is 3.31. The van der Waals surface area contributed by atoms with E-state index in [0.29, 0.717) is 37.9 Å². The molecule has 1 aromatic rings. The molecule has 1 atom stereocenters. The Morgan fingerprint density at radius 1 is 1.39 bits per heavy atom. The molecule has 0 radical (unpaired) electrons. The van der Waals surface area contributed by atoms with E-state index in [1.165, 1.54) is 6.20 Å². The highest BCUT2D eigenvalue weighted by Gasteiger charge is 2.18. The van der Waals surface area contributed by atoms with E-state index in [2.05, 4.69) is 10.3 Å². The Hall–Kier alpha value is -1.70. The van der Waals surface area contributed by atoms with Gasteiger partial charge >= 0.3 is 0 Å². The lowest BCUT2D eigenvalue weighted by Gasteiger charge is -2.17. The SMILES string of the molecule is CCOC(CNC(=O)c1ccc(OC2CCOC2)nc1)OCC. The van der Waals surface area contributed by atoms with E-state index in [9.17, 15) is 4.79 Å². The monoisotopic (exact) mass is 324 g/mol. The zero-order chi connectivity index (χ0) is 16.5. The van der Waals surface area contributed by atoms with Crippen LogP contribution in [0.5, 0.6) is 5.88 Å². The van der Waals surface area contributed by atoms with Crippen LogP contribution in [0.25, 0.3) is 0 Å². The third-order valence-electron chi connectivity index (χ3n) is 3.31. The summed E-state index contributed by atoms with van der Waals surface area (Å²) in [4.78, 5) is 16.3. The second-order valence-electron chi connectivity index (χ2n) is 5.04. The summed E-state index contributed by atoms with van der Waals surface area (Å²) in [5.41, 5.74) is 0.465. The molecule has 0 bridgehead atoms. The molecule has 2 heterocycles. The Bertz CT molecular complexity index is 468. The van der Waals surface area contributed by atoms with Crippen molar-refractivity contribution in [3.63, 3.8) is 0 Å². The topological polar surface area (TPSA) is 78.9 Å². The van der Waals surface area contributed by atoms with Gasteiger partial charge in [-0.05, 0) is 19.9 Å². The van der Waals surface area contributed by atoms with Crippen LogP contribution in [0, 0.1) is 0 Å². The molecule has 1 fully saturated rings. The zero-order valence-electron chi connectivity index (χ0n) is 13.6. The summed E-state index contributed by atoms with van der Waals surface area (Å²) in [5, 5.41) is 2.77. The molecular weight excluding hydrogens is 300 g/mol. The molecule has 128 valence electrons. The molecule has 0 saturated carbocycles. The summed E-state index contributed by atoms with van der Waals surface area (Å²) < 4.78 is 21.7. The van der Waals surface area contributed by atoms with Crippen molar-refractivity contribution >= 4 is 5.91 Å². The minimum atomic E-state index is -0.438. The maximum Gasteiger partial charge on any atom is 0.253 e. The van der Waals surface area contributed by atoms with Gasteiger partial charge in [0.25, 0.3) is 5.91 Å². The number of hydrogen-bond donors (Lipinski definition) is 1. The quantitative estimate of drug-likeness (QED) is 0.691. The van der Waals surface area contributed by atoms with Gasteiger partial charge < -0.3 is 24.3 Å². The van der Waals surface area contributed by atoms with E-state index in [0.717, 1.165) is 6.42 Å². The number of rotatable bonds is 9. The Morgan fingerprint density at radius 2 is 2.17 bits per heavy atom. The van der Waals surface area contributed by atoms with E-state index < -0.39 is 6.29 Å². The maximum absolute atomic E-state index is 12.1. The van der Waals surface area contributed by atoms with Crippen molar-refractivity contribution in [2.45, 2.75) is 32.7 Å². The van der Waals surface area contributed by atoms with E-state index >= 15 is 0 Å². The molecule has 1 aromatic heterocycles. The van der Waals surface area contributed by atoms with Crippen molar-refractivity contribution in [3.8, 4) is 5.88 Å². The Labute approximate surface area is 136 Å². The average Bonchev–Trinajstić information content (AvgIpc) is 3.06. The van der Waals surface area contributed by atoms with Gasteiger partial charge in [-0.1, -0.05) is 0 Å². The van der Waals surface area contributed by atoms with Gasteiger partial charge in [0.2, 0.25) is 5.88 Å². The number of aromatic nitrogens is 1. The Balaban J connectivity index is 1.81. The molecule has 1 amide bonds. The molecule has 23 heavy (non-hydrogen) atoms. The number of ether oxygens (including phenoxy) is 4. The number of pyridine rings is 1. The lowest BCUT2D eigenvalue weighted by atomic mass is 10.2. The van der Waals surface area contributed by atoms with Gasteiger partial charge in [-0.3, -0.25) is 4.79 Å². The first-order valence-electron chi connectivity index (χ1n) is 7.94. The fourth-order valence-corrected chi connectivity index (χ4v) is 2.18. The molecule has 2 rings (SSSR count). The molecule has 1 aliphatic heterocycles. The zero-order valence-corrected chi connectivity index (χ0v) is 13.6. The molecule has 1 saturated heterocycles. The summed E-state index contributed by atoms with van der Waals surface area (Å²) in [7, 11) is 0. The van der Waals surface area contributed by atoms with Crippen LogP contribution in [0.2, 0.25) is 0 Å². The predicted octanol–water partition coefficient (Wildman–Crippen LogP) is 1.38. The van der Waals surface area contributed by atoms with Crippen molar-refractivity contribution in [2.24, 2.45) is 0 Å². The van der Waals surface area contributed by atoms with Gasteiger partial charge in [0, 0.05) is 31.9 Å². The van der Waals surface area contributed by atoms with Crippen LogP contribution in [-0.2, 0) is 14.2 Å². The van der Waals surface area contributed by atoms with Crippen molar-refractivity contribution in [1.29, 1.82) is 0 Å². The highest BCUT2D eigenvalue weighted by Crippen LogP contribution is 2.14. The van der Waals surface area contributed by atoms with E-state index in [1.54, 1.807) is 12.1 Å². The van der Waals surface area contributed by atoms with Crippen LogP contribution in [0.15, 0.2) is 18.3 Å². The van der Waals surface area contributed by atoms with Crippen LogP contribution < -0.4 is 10.1 Å². The summed E-state index contributed by atoms with van der Waals surface area (Å²) in [5.74, 6) is 0.274. The van der Waals surface area contributed by atoms with Crippen molar-refractivity contribution in [1.82, 2.24) is 10.3 Å². The molecule has 0 aliphatic carbocycles. The molecule has 7 heteroatoms. The first-order chi connectivity index (χ1) is 11.2. The fraction of sp³-hybridized carbons (Fsp3) is 0.625. The van der Waals surface area contributed by atoms with Gasteiger partial charge in [-0.2, -0.15) is 0 Å². The second kappa shape index (κ2) is 9.44. The summed E-state index contributed by atoms with van der Waals surface area (Å²) >= 11 is 0. The fourth-order valence-electron chi connectivity index (χ4n) is 2.18. The van der Waals surface area contributed by atoms with Crippen LogP contribution >= 0.6 is 0 Å². The van der Waals surface area contributed by atoms with E-state index in [4.69, 9.17) is 18.9 Å². The summed E-state index contributed by atoms with van der Waals surface area (Å²) in [6.07, 6.45) is 1.96. The maximum atomic E-state index is 12.1. The highest BCUT2D eigenvalue weighted by molar-refractivity contribution is 5.93. The summed E-state index contributed by atoms with van der Waals surface area (Å²) in [6.45, 7) is 6.40. The number of carbonyl (C=O) groups is 1. The minimum Gasteiger partial charge on any atom is -0.472 e.